The first-order chi connectivity index (χ1) is 8.54. The molecular formula is C11H18O7. The Kier molecular flexibility index (Phi) is 6.03. The van der Waals surface area contributed by atoms with Crippen molar-refractivity contribution >= 4 is 11.9 Å². The number of esters is 2. The van der Waals surface area contributed by atoms with E-state index in [2.05, 4.69) is 0 Å². The monoisotopic (exact) mass is 262 g/mol. The molecule has 0 N–H and O–H groups in total. The van der Waals surface area contributed by atoms with Crippen molar-refractivity contribution in [3.8, 4) is 0 Å². The van der Waals surface area contributed by atoms with Crippen LogP contribution in [0.25, 0.3) is 0 Å². The summed E-state index contributed by atoms with van der Waals surface area (Å²) in [6.45, 7) is 3.29. The van der Waals surface area contributed by atoms with Crippen LogP contribution in [0.2, 0.25) is 0 Å². The molecule has 0 aromatic heterocycles. The Morgan fingerprint density at radius 3 is 2.44 bits per heavy atom. The van der Waals surface area contributed by atoms with Gasteiger partial charge in [0, 0.05) is 21.0 Å². The molecule has 0 aliphatic carbocycles. The zero-order chi connectivity index (χ0) is 13.5. The number of hydrogen-bond acceptors (Lipinski definition) is 7. The van der Waals surface area contributed by atoms with Gasteiger partial charge in [0.1, 0.15) is 18.8 Å². The first-order valence-corrected chi connectivity index (χ1v) is 5.61. The van der Waals surface area contributed by atoms with Crippen LogP contribution in [0.1, 0.15) is 13.8 Å². The average molecular weight is 262 g/mol. The lowest BCUT2D eigenvalue weighted by atomic mass is 10.2. The number of carbonyl (C=O) groups is 2. The first-order valence-electron chi connectivity index (χ1n) is 5.61. The van der Waals surface area contributed by atoms with Gasteiger partial charge in [-0.2, -0.15) is 0 Å². The fourth-order valence-corrected chi connectivity index (χ4v) is 1.57. The van der Waals surface area contributed by atoms with E-state index in [1.165, 1.54) is 21.0 Å². The molecule has 1 fully saturated rings. The van der Waals surface area contributed by atoms with Gasteiger partial charge in [-0.3, -0.25) is 9.59 Å². The summed E-state index contributed by atoms with van der Waals surface area (Å²) in [6.07, 6.45) is -2.03. The molecule has 1 aliphatic heterocycles. The Morgan fingerprint density at radius 1 is 1.22 bits per heavy atom. The van der Waals surface area contributed by atoms with Gasteiger partial charge in [0.25, 0.3) is 0 Å². The Bertz CT molecular complexity index is 291. The smallest absolute Gasteiger partial charge is 0.305 e. The van der Waals surface area contributed by atoms with Crippen molar-refractivity contribution in [2.75, 3.05) is 26.9 Å². The van der Waals surface area contributed by atoms with E-state index in [-0.39, 0.29) is 6.61 Å². The van der Waals surface area contributed by atoms with Crippen LogP contribution in [-0.4, -0.2) is 57.4 Å². The fraction of sp³-hybridized carbons (Fsp3) is 0.818. The van der Waals surface area contributed by atoms with E-state index in [1.807, 2.05) is 0 Å². The van der Waals surface area contributed by atoms with Gasteiger partial charge in [-0.15, -0.1) is 0 Å². The lowest BCUT2D eigenvalue weighted by Crippen LogP contribution is -2.50. The van der Waals surface area contributed by atoms with Crippen molar-refractivity contribution in [2.24, 2.45) is 0 Å². The van der Waals surface area contributed by atoms with Crippen LogP contribution in [0.5, 0.6) is 0 Å². The van der Waals surface area contributed by atoms with Gasteiger partial charge in [-0.05, 0) is 0 Å². The number of methoxy groups -OCH3 is 1. The molecule has 0 aromatic rings. The maximum atomic E-state index is 11.0. The van der Waals surface area contributed by atoms with E-state index in [9.17, 15) is 9.59 Å². The number of rotatable bonds is 5. The Balaban J connectivity index is 2.60. The third kappa shape index (κ3) is 4.59. The van der Waals surface area contributed by atoms with Gasteiger partial charge >= 0.3 is 11.9 Å². The lowest BCUT2D eigenvalue weighted by Gasteiger charge is -2.34. The second kappa shape index (κ2) is 7.30. The third-order valence-corrected chi connectivity index (χ3v) is 2.35. The van der Waals surface area contributed by atoms with E-state index in [1.54, 1.807) is 0 Å². The topological polar surface area (TPSA) is 80.3 Å². The molecule has 0 saturated carbocycles. The van der Waals surface area contributed by atoms with E-state index in [0.717, 1.165) is 0 Å². The van der Waals surface area contributed by atoms with Crippen LogP contribution in [-0.2, 0) is 33.3 Å². The van der Waals surface area contributed by atoms with Crippen molar-refractivity contribution in [1.29, 1.82) is 0 Å². The largest absolute Gasteiger partial charge is 0.463 e. The minimum absolute atomic E-state index is 0.0115. The van der Waals surface area contributed by atoms with Crippen LogP contribution in [0, 0.1) is 0 Å². The van der Waals surface area contributed by atoms with Crippen molar-refractivity contribution < 1.29 is 33.3 Å². The minimum Gasteiger partial charge on any atom is -0.463 e. The highest BCUT2D eigenvalue weighted by atomic mass is 16.7. The molecule has 0 aromatic carbocycles. The number of hydrogen-bond donors (Lipinski definition) is 0. The van der Waals surface area contributed by atoms with E-state index in [4.69, 9.17) is 23.7 Å². The fourth-order valence-electron chi connectivity index (χ4n) is 1.57. The van der Waals surface area contributed by atoms with Crippen molar-refractivity contribution in [2.45, 2.75) is 32.3 Å². The highest BCUT2D eigenvalue weighted by Crippen LogP contribution is 2.17. The van der Waals surface area contributed by atoms with Crippen LogP contribution >= 0.6 is 0 Å². The highest BCUT2D eigenvalue weighted by Gasteiger charge is 2.37. The molecule has 0 radical (unpaired) electrons. The maximum Gasteiger partial charge on any atom is 0.305 e. The predicted octanol–water partition coefficient (Wildman–Crippen LogP) is -0.131. The summed E-state index contributed by atoms with van der Waals surface area (Å²) in [5, 5.41) is 0. The SMILES string of the molecule is COC(COC(C)=O)C1OCCOC1OC(C)=O. The van der Waals surface area contributed by atoms with Crippen LogP contribution < -0.4 is 0 Å². The molecule has 7 nitrogen and oxygen atoms in total. The predicted molar refractivity (Wildman–Crippen MR) is 58.7 cm³/mol. The molecule has 1 heterocycles. The van der Waals surface area contributed by atoms with Crippen molar-refractivity contribution in [3.63, 3.8) is 0 Å². The summed E-state index contributed by atoms with van der Waals surface area (Å²) in [6, 6.07) is 0. The lowest BCUT2D eigenvalue weighted by molar-refractivity contribution is -0.265. The van der Waals surface area contributed by atoms with E-state index >= 15 is 0 Å². The Hall–Kier alpha value is -1.18. The molecule has 0 amide bonds. The van der Waals surface area contributed by atoms with E-state index in [0.29, 0.717) is 13.2 Å². The first kappa shape index (κ1) is 14.9. The highest BCUT2D eigenvalue weighted by molar-refractivity contribution is 5.66. The molecule has 3 atom stereocenters. The van der Waals surface area contributed by atoms with Gasteiger partial charge in [-0.1, -0.05) is 0 Å². The molecular weight excluding hydrogens is 244 g/mol. The molecule has 1 rings (SSSR count). The van der Waals surface area contributed by atoms with Crippen molar-refractivity contribution in [3.05, 3.63) is 0 Å². The summed E-state index contributed by atoms with van der Waals surface area (Å²) in [5.41, 5.74) is 0. The summed E-state index contributed by atoms with van der Waals surface area (Å²) in [4.78, 5) is 21.7. The normalized spacial score (nSPS) is 25.3. The van der Waals surface area contributed by atoms with Gasteiger partial charge in [0.15, 0.2) is 0 Å². The average Bonchev–Trinajstić information content (AvgIpc) is 2.30. The summed E-state index contributed by atoms with van der Waals surface area (Å²) in [5.74, 6) is -0.893. The number of ether oxygens (including phenoxy) is 5. The second-order valence-electron chi connectivity index (χ2n) is 3.76. The van der Waals surface area contributed by atoms with E-state index < -0.39 is 30.4 Å². The molecule has 3 unspecified atom stereocenters. The quantitative estimate of drug-likeness (QED) is 0.638. The van der Waals surface area contributed by atoms with Gasteiger partial charge in [-0.25, -0.2) is 0 Å². The van der Waals surface area contributed by atoms with Gasteiger partial charge < -0.3 is 23.7 Å². The molecule has 0 spiro atoms. The molecule has 1 aliphatic rings. The molecule has 0 bridgehead atoms. The minimum atomic E-state index is -0.850. The zero-order valence-corrected chi connectivity index (χ0v) is 10.7. The van der Waals surface area contributed by atoms with Crippen LogP contribution in [0.3, 0.4) is 0 Å². The maximum absolute atomic E-state index is 11.0. The Labute approximate surface area is 105 Å². The molecule has 7 heteroatoms. The second-order valence-corrected chi connectivity index (χ2v) is 3.76. The molecule has 104 valence electrons. The zero-order valence-electron chi connectivity index (χ0n) is 10.7. The third-order valence-electron chi connectivity index (χ3n) is 2.35. The molecule has 18 heavy (non-hydrogen) atoms. The van der Waals surface area contributed by atoms with Crippen molar-refractivity contribution in [1.82, 2.24) is 0 Å². The molecule has 1 saturated heterocycles. The van der Waals surface area contributed by atoms with Gasteiger partial charge in [0.2, 0.25) is 6.29 Å². The van der Waals surface area contributed by atoms with Gasteiger partial charge in [0.05, 0.1) is 13.2 Å². The van der Waals surface area contributed by atoms with Crippen LogP contribution in [0.15, 0.2) is 0 Å². The number of carbonyl (C=O) groups excluding carboxylic acids is 2. The summed E-state index contributed by atoms with van der Waals surface area (Å²) >= 11 is 0. The summed E-state index contributed by atoms with van der Waals surface area (Å²) < 4.78 is 25.8. The summed E-state index contributed by atoms with van der Waals surface area (Å²) in [7, 11) is 1.46. The Morgan fingerprint density at radius 2 is 1.89 bits per heavy atom. The van der Waals surface area contributed by atoms with Crippen LogP contribution in [0.4, 0.5) is 0 Å². The standard InChI is InChI=1S/C11H18O7/c1-7(12)17-6-9(14-3)10-11(18-8(2)13)16-5-4-15-10/h9-11H,4-6H2,1-3H3.